The maximum atomic E-state index is 12.4. The highest BCUT2D eigenvalue weighted by Gasteiger charge is 2.16. The summed E-state index contributed by atoms with van der Waals surface area (Å²) in [5.74, 6) is 1.34. The molecule has 0 radical (unpaired) electrons. The van der Waals surface area contributed by atoms with Crippen molar-refractivity contribution in [3.63, 3.8) is 0 Å². The largest absolute Gasteiger partial charge is 0.497 e. The summed E-state index contributed by atoms with van der Waals surface area (Å²) >= 11 is 1.36. The maximum absolute atomic E-state index is 12.4. The molecule has 0 fully saturated rings. The summed E-state index contributed by atoms with van der Waals surface area (Å²) in [4.78, 5) is 21.5. The Morgan fingerprint density at radius 3 is 2.70 bits per heavy atom. The van der Waals surface area contributed by atoms with Crippen LogP contribution in [0, 0.1) is 6.92 Å². The van der Waals surface area contributed by atoms with E-state index in [2.05, 4.69) is 33.7 Å². The van der Waals surface area contributed by atoms with Gasteiger partial charge < -0.3 is 18.8 Å². The van der Waals surface area contributed by atoms with E-state index in [4.69, 9.17) is 14.2 Å². The summed E-state index contributed by atoms with van der Waals surface area (Å²) in [5, 5.41) is 4.15. The summed E-state index contributed by atoms with van der Waals surface area (Å²) in [7, 11) is 3.20. The average molecular weight is 467 g/mol. The van der Waals surface area contributed by atoms with Crippen LogP contribution < -0.4 is 14.8 Å². The molecule has 0 saturated heterocycles. The molecule has 172 valence electrons. The number of thiazole rings is 1. The standard InChI is InChI=1S/C24H26N4O4S/c1-14(2)28-13-25-19-10-16(6-9-20(19)28)12-32-24(29)27-22-15(3)26-23(33-22)18-8-7-17(30-4)11-21(18)31-5/h6-11,13-14H,12H2,1-5H3,(H,27,29). The van der Waals surface area contributed by atoms with Crippen molar-refractivity contribution in [1.29, 1.82) is 0 Å². The number of benzene rings is 2. The van der Waals surface area contributed by atoms with Crippen LogP contribution in [0.1, 0.15) is 31.1 Å². The first kappa shape index (κ1) is 22.6. The zero-order valence-corrected chi connectivity index (χ0v) is 20.0. The highest BCUT2D eigenvalue weighted by molar-refractivity contribution is 7.19. The summed E-state index contributed by atoms with van der Waals surface area (Å²) in [6, 6.07) is 11.7. The van der Waals surface area contributed by atoms with Crippen molar-refractivity contribution in [1.82, 2.24) is 14.5 Å². The Morgan fingerprint density at radius 1 is 1.15 bits per heavy atom. The molecule has 0 atom stereocenters. The molecule has 4 rings (SSSR count). The number of ether oxygens (including phenoxy) is 3. The molecule has 0 saturated carbocycles. The number of nitrogens with one attached hydrogen (secondary N) is 1. The number of nitrogens with zero attached hydrogens (tertiary/aromatic N) is 3. The number of hydrogen-bond donors (Lipinski definition) is 1. The number of anilines is 1. The fourth-order valence-electron chi connectivity index (χ4n) is 3.46. The third kappa shape index (κ3) is 4.78. The average Bonchev–Trinajstić information content (AvgIpc) is 3.40. The van der Waals surface area contributed by atoms with Gasteiger partial charge >= 0.3 is 6.09 Å². The second kappa shape index (κ2) is 9.50. The molecule has 2 aromatic carbocycles. The number of aromatic nitrogens is 3. The number of carbonyl (C=O) groups is 1. The minimum Gasteiger partial charge on any atom is -0.497 e. The lowest BCUT2D eigenvalue weighted by Gasteiger charge is -2.09. The summed E-state index contributed by atoms with van der Waals surface area (Å²) in [6.07, 6.45) is 1.29. The molecular weight excluding hydrogens is 440 g/mol. The molecule has 8 nitrogen and oxygen atoms in total. The number of imidazole rings is 1. The van der Waals surface area contributed by atoms with E-state index in [0.29, 0.717) is 28.2 Å². The molecule has 2 aromatic heterocycles. The number of aryl methyl sites for hydroxylation is 1. The van der Waals surface area contributed by atoms with Crippen molar-refractivity contribution < 1.29 is 19.0 Å². The summed E-state index contributed by atoms with van der Waals surface area (Å²) < 4.78 is 18.3. The fraction of sp³-hybridized carbons (Fsp3) is 0.292. The van der Waals surface area contributed by atoms with Crippen molar-refractivity contribution in [2.24, 2.45) is 0 Å². The number of fused-ring (bicyclic) bond motifs is 1. The predicted molar refractivity (Wildman–Crippen MR) is 129 cm³/mol. The van der Waals surface area contributed by atoms with E-state index in [1.807, 2.05) is 43.6 Å². The highest BCUT2D eigenvalue weighted by Crippen LogP contribution is 2.38. The zero-order chi connectivity index (χ0) is 23.5. The monoisotopic (exact) mass is 466 g/mol. The van der Waals surface area contributed by atoms with Crippen LogP contribution in [0.5, 0.6) is 11.5 Å². The lowest BCUT2D eigenvalue weighted by atomic mass is 10.2. The van der Waals surface area contributed by atoms with E-state index in [1.54, 1.807) is 20.3 Å². The molecule has 9 heteroatoms. The molecule has 0 aliphatic rings. The van der Waals surface area contributed by atoms with Gasteiger partial charge in [0.1, 0.15) is 28.1 Å². The van der Waals surface area contributed by atoms with Crippen LogP contribution in [0.3, 0.4) is 0 Å². The minimum absolute atomic E-state index is 0.146. The molecule has 1 amide bonds. The maximum Gasteiger partial charge on any atom is 0.412 e. The Kier molecular flexibility index (Phi) is 6.50. The first-order valence-corrected chi connectivity index (χ1v) is 11.3. The third-order valence-corrected chi connectivity index (χ3v) is 6.32. The van der Waals surface area contributed by atoms with Crippen LogP contribution >= 0.6 is 11.3 Å². The molecule has 0 spiro atoms. The Labute approximate surface area is 196 Å². The Morgan fingerprint density at radius 2 is 1.97 bits per heavy atom. The van der Waals surface area contributed by atoms with E-state index in [0.717, 1.165) is 27.2 Å². The fourth-order valence-corrected chi connectivity index (χ4v) is 4.44. The number of carbonyl (C=O) groups excluding carboxylic acids is 1. The van der Waals surface area contributed by atoms with Gasteiger partial charge in [0.05, 0.1) is 42.8 Å². The van der Waals surface area contributed by atoms with Crippen LogP contribution in [0.25, 0.3) is 21.6 Å². The van der Waals surface area contributed by atoms with Gasteiger partial charge in [-0.2, -0.15) is 0 Å². The topological polar surface area (TPSA) is 87.5 Å². The molecule has 0 aliphatic carbocycles. The molecule has 2 heterocycles. The van der Waals surface area contributed by atoms with Gasteiger partial charge in [-0.25, -0.2) is 14.8 Å². The Bertz CT molecular complexity index is 1300. The van der Waals surface area contributed by atoms with Gasteiger partial charge in [0, 0.05) is 12.1 Å². The Balaban J connectivity index is 1.43. The van der Waals surface area contributed by atoms with Crippen molar-refractivity contribution in [3.05, 3.63) is 54.0 Å². The van der Waals surface area contributed by atoms with Crippen molar-refractivity contribution in [2.75, 3.05) is 19.5 Å². The van der Waals surface area contributed by atoms with Gasteiger partial charge in [-0.3, -0.25) is 5.32 Å². The zero-order valence-electron chi connectivity index (χ0n) is 19.2. The van der Waals surface area contributed by atoms with Gasteiger partial charge in [-0.1, -0.05) is 17.4 Å². The summed E-state index contributed by atoms with van der Waals surface area (Å²) in [6.45, 7) is 6.21. The first-order chi connectivity index (χ1) is 15.9. The van der Waals surface area contributed by atoms with Gasteiger partial charge in [-0.15, -0.1) is 0 Å². The van der Waals surface area contributed by atoms with Crippen LogP contribution in [0.2, 0.25) is 0 Å². The van der Waals surface area contributed by atoms with Gasteiger partial charge in [0.2, 0.25) is 0 Å². The SMILES string of the molecule is COc1ccc(-c2nc(C)c(NC(=O)OCc3ccc4c(c3)ncn4C(C)C)s2)c(OC)c1. The van der Waals surface area contributed by atoms with Crippen molar-refractivity contribution >= 4 is 33.5 Å². The first-order valence-electron chi connectivity index (χ1n) is 10.5. The molecule has 4 aromatic rings. The lowest BCUT2D eigenvalue weighted by Crippen LogP contribution is -2.13. The normalized spacial score (nSPS) is 11.1. The smallest absolute Gasteiger partial charge is 0.412 e. The number of rotatable bonds is 7. The van der Waals surface area contributed by atoms with E-state index in [1.165, 1.54) is 11.3 Å². The van der Waals surface area contributed by atoms with E-state index >= 15 is 0 Å². The van der Waals surface area contributed by atoms with Crippen LogP contribution in [0.4, 0.5) is 9.80 Å². The lowest BCUT2D eigenvalue weighted by molar-refractivity contribution is 0.155. The highest BCUT2D eigenvalue weighted by atomic mass is 32.1. The van der Waals surface area contributed by atoms with Crippen LogP contribution in [-0.2, 0) is 11.3 Å². The summed E-state index contributed by atoms with van der Waals surface area (Å²) in [5.41, 5.74) is 4.32. The van der Waals surface area contributed by atoms with E-state index < -0.39 is 6.09 Å². The van der Waals surface area contributed by atoms with Crippen molar-refractivity contribution in [3.8, 4) is 22.1 Å². The number of methoxy groups -OCH3 is 2. The second-order valence-corrected chi connectivity index (χ2v) is 8.77. The molecule has 0 bridgehead atoms. The molecule has 0 aliphatic heterocycles. The molecule has 0 unspecified atom stereocenters. The molecule has 33 heavy (non-hydrogen) atoms. The molecule has 1 N–H and O–H groups in total. The van der Waals surface area contributed by atoms with E-state index in [9.17, 15) is 4.79 Å². The quantitative estimate of drug-likeness (QED) is 0.370. The van der Waals surface area contributed by atoms with Gasteiger partial charge in [-0.05, 0) is 50.6 Å². The van der Waals surface area contributed by atoms with Crippen molar-refractivity contribution in [2.45, 2.75) is 33.4 Å². The van der Waals surface area contributed by atoms with E-state index in [-0.39, 0.29) is 6.61 Å². The number of hydrogen-bond acceptors (Lipinski definition) is 7. The predicted octanol–water partition coefficient (Wildman–Crippen LogP) is 5.82. The Hall–Kier alpha value is -3.59. The van der Waals surface area contributed by atoms with Gasteiger partial charge in [0.25, 0.3) is 0 Å². The van der Waals surface area contributed by atoms with Crippen LogP contribution in [-0.4, -0.2) is 34.8 Å². The third-order valence-electron chi connectivity index (χ3n) is 5.22. The second-order valence-electron chi connectivity index (χ2n) is 7.77. The minimum atomic E-state index is -0.539. The molecular formula is C24H26N4O4S. The van der Waals surface area contributed by atoms with Gasteiger partial charge in [0.15, 0.2) is 0 Å². The number of amides is 1. The van der Waals surface area contributed by atoms with Crippen LogP contribution in [0.15, 0.2) is 42.7 Å².